The third-order valence-corrected chi connectivity index (χ3v) is 4.83. The second-order valence-electron chi connectivity index (χ2n) is 5.17. The fraction of sp³-hybridized carbons (Fsp3) is 0.100. The van der Waals surface area contributed by atoms with Gasteiger partial charge in [-0.1, -0.05) is 61.2 Å². The predicted octanol–water partition coefficient (Wildman–Crippen LogP) is 3.79. The maximum atomic E-state index is 4.24. The van der Waals surface area contributed by atoms with Gasteiger partial charge in [-0.05, 0) is 35.2 Å². The number of hydrogen-bond acceptors (Lipinski definition) is 2. The van der Waals surface area contributed by atoms with Crippen molar-refractivity contribution in [2.75, 3.05) is 0 Å². The van der Waals surface area contributed by atoms with Crippen LogP contribution in [0.25, 0.3) is 22.7 Å². The van der Waals surface area contributed by atoms with E-state index in [4.69, 9.17) is 0 Å². The monoisotopic (exact) mass is 305 g/mol. The van der Waals surface area contributed by atoms with Gasteiger partial charge < -0.3 is 5.32 Å². The highest BCUT2D eigenvalue weighted by molar-refractivity contribution is 7.17. The number of hydrogen-bond donors (Lipinski definition) is 1. The average Bonchev–Trinajstić information content (AvgIpc) is 2.89. The molecule has 0 radical (unpaired) electrons. The molecule has 110 valence electrons. The lowest BCUT2D eigenvalue weighted by Crippen LogP contribution is -2.20. The molecule has 0 atom stereocenters. The summed E-state index contributed by atoms with van der Waals surface area (Å²) in [6, 6.07) is 18.9. The summed E-state index contributed by atoms with van der Waals surface area (Å²) in [6.07, 6.45) is 4.29. The molecule has 0 aliphatic heterocycles. The first-order valence-electron chi connectivity index (χ1n) is 7.40. The summed E-state index contributed by atoms with van der Waals surface area (Å²) in [5.74, 6) is 0. The van der Waals surface area contributed by atoms with Gasteiger partial charge >= 0.3 is 0 Å². The Kier molecular flexibility index (Phi) is 4.40. The molecular formula is C20H19NS. The minimum atomic E-state index is 0.828. The zero-order chi connectivity index (χ0) is 15.4. The van der Waals surface area contributed by atoms with Crippen LogP contribution in [0.1, 0.15) is 12.5 Å². The van der Waals surface area contributed by atoms with E-state index in [0.29, 0.717) is 0 Å². The van der Waals surface area contributed by atoms with Gasteiger partial charge in [-0.2, -0.15) is 0 Å². The molecule has 1 heterocycles. The lowest BCUT2D eigenvalue weighted by molar-refractivity contribution is 0.841. The van der Waals surface area contributed by atoms with Crippen LogP contribution >= 0.6 is 11.3 Å². The molecule has 3 aromatic rings. The van der Waals surface area contributed by atoms with E-state index in [-0.39, 0.29) is 0 Å². The van der Waals surface area contributed by atoms with Crippen LogP contribution in [-0.4, -0.2) is 0 Å². The van der Waals surface area contributed by atoms with Crippen LogP contribution in [-0.2, 0) is 6.54 Å². The molecule has 1 nitrogen and oxygen atoms in total. The van der Waals surface area contributed by atoms with Crippen LogP contribution in [0.4, 0.5) is 0 Å². The van der Waals surface area contributed by atoms with Gasteiger partial charge in [-0.15, -0.1) is 11.3 Å². The molecule has 3 rings (SSSR count). The van der Waals surface area contributed by atoms with E-state index in [1.54, 1.807) is 11.3 Å². The molecule has 0 amide bonds. The second kappa shape index (κ2) is 6.63. The number of benzene rings is 2. The first-order chi connectivity index (χ1) is 10.8. The Morgan fingerprint density at radius 2 is 1.82 bits per heavy atom. The Bertz CT molecular complexity index is 904. The molecule has 0 saturated carbocycles. The van der Waals surface area contributed by atoms with Crippen LogP contribution < -0.4 is 15.1 Å². The van der Waals surface area contributed by atoms with E-state index in [1.807, 2.05) is 6.07 Å². The van der Waals surface area contributed by atoms with Gasteiger partial charge in [0.2, 0.25) is 0 Å². The largest absolute Gasteiger partial charge is 0.381 e. The Hall–Kier alpha value is -2.32. The first-order valence-corrected chi connectivity index (χ1v) is 8.22. The highest BCUT2D eigenvalue weighted by Gasteiger charge is 1.99. The SMILES string of the molecule is C=c1/c(=C\C(=C/C)NCc2ccccc2)sc2ccccc12. The van der Waals surface area contributed by atoms with Gasteiger partial charge in [0, 0.05) is 21.5 Å². The lowest BCUT2D eigenvalue weighted by atomic mass is 10.2. The van der Waals surface area contributed by atoms with Gasteiger partial charge in [0.15, 0.2) is 0 Å². The van der Waals surface area contributed by atoms with Crippen molar-refractivity contribution in [3.63, 3.8) is 0 Å². The van der Waals surface area contributed by atoms with Crippen molar-refractivity contribution in [2.45, 2.75) is 13.5 Å². The van der Waals surface area contributed by atoms with Gasteiger partial charge in [-0.25, -0.2) is 0 Å². The predicted molar refractivity (Wildman–Crippen MR) is 98.1 cm³/mol. The Morgan fingerprint density at radius 1 is 1.09 bits per heavy atom. The highest BCUT2D eigenvalue weighted by atomic mass is 32.1. The molecule has 1 N–H and O–H groups in total. The molecule has 0 unspecified atom stereocenters. The van der Waals surface area contributed by atoms with Gasteiger partial charge in [0.05, 0.1) is 0 Å². The van der Waals surface area contributed by atoms with Crippen LogP contribution in [0.5, 0.6) is 0 Å². The quantitative estimate of drug-likeness (QED) is 0.773. The molecule has 2 heteroatoms. The first kappa shape index (κ1) is 14.6. The van der Waals surface area contributed by atoms with E-state index < -0.39 is 0 Å². The molecule has 0 fully saturated rings. The Labute approximate surface area is 134 Å². The van der Waals surface area contributed by atoms with Crippen LogP contribution in [0.15, 0.2) is 66.4 Å². The standard InChI is InChI=1S/C20H19NS/c1-3-17(21-14-16-9-5-4-6-10-16)13-20-15(2)18-11-7-8-12-19(18)22-20/h3-13,21H,2,14H2,1H3/b17-3+,20-13+. The molecule has 1 aromatic heterocycles. The van der Waals surface area contributed by atoms with Crippen LogP contribution in [0.2, 0.25) is 0 Å². The van der Waals surface area contributed by atoms with Gasteiger partial charge in [0.1, 0.15) is 0 Å². The van der Waals surface area contributed by atoms with E-state index in [9.17, 15) is 0 Å². The fourth-order valence-electron chi connectivity index (χ4n) is 2.41. The molecule has 0 bridgehead atoms. The number of rotatable bonds is 4. The summed E-state index contributed by atoms with van der Waals surface area (Å²) in [5, 5.41) is 5.85. The second-order valence-corrected chi connectivity index (χ2v) is 6.25. The van der Waals surface area contributed by atoms with E-state index in [2.05, 4.69) is 79.5 Å². The zero-order valence-electron chi connectivity index (χ0n) is 12.7. The maximum Gasteiger partial charge on any atom is 0.0400 e. The molecule has 0 aliphatic rings. The van der Waals surface area contributed by atoms with Crippen molar-refractivity contribution >= 4 is 34.1 Å². The molecule has 22 heavy (non-hydrogen) atoms. The van der Waals surface area contributed by atoms with Crippen LogP contribution in [0, 0.1) is 0 Å². The van der Waals surface area contributed by atoms with Crippen molar-refractivity contribution in [1.29, 1.82) is 0 Å². The van der Waals surface area contributed by atoms with Crippen molar-refractivity contribution in [1.82, 2.24) is 5.32 Å². The summed E-state index contributed by atoms with van der Waals surface area (Å²) in [4.78, 5) is 0. The summed E-state index contributed by atoms with van der Waals surface area (Å²) in [7, 11) is 0. The number of allylic oxidation sites excluding steroid dienone is 2. The lowest BCUT2D eigenvalue weighted by Gasteiger charge is -2.06. The molecule has 0 spiro atoms. The molecule has 0 aliphatic carbocycles. The van der Waals surface area contributed by atoms with Crippen molar-refractivity contribution in [3.8, 4) is 0 Å². The molecular weight excluding hydrogens is 286 g/mol. The summed E-state index contributed by atoms with van der Waals surface area (Å²) < 4.78 is 2.51. The number of nitrogens with one attached hydrogen (secondary N) is 1. The topological polar surface area (TPSA) is 12.0 Å². The van der Waals surface area contributed by atoms with Gasteiger partial charge in [-0.3, -0.25) is 0 Å². The maximum absolute atomic E-state index is 4.24. The van der Waals surface area contributed by atoms with Crippen molar-refractivity contribution < 1.29 is 0 Å². The van der Waals surface area contributed by atoms with E-state index in [0.717, 1.165) is 17.5 Å². The number of fused-ring (bicyclic) bond motifs is 1. The number of thiophene rings is 1. The summed E-state index contributed by atoms with van der Waals surface area (Å²) in [5.41, 5.74) is 2.40. The molecule has 2 aromatic carbocycles. The summed E-state index contributed by atoms with van der Waals surface area (Å²) in [6.45, 7) is 7.12. The third-order valence-electron chi connectivity index (χ3n) is 3.67. The third kappa shape index (κ3) is 3.12. The minimum Gasteiger partial charge on any atom is -0.381 e. The van der Waals surface area contributed by atoms with Crippen LogP contribution in [0.3, 0.4) is 0 Å². The Balaban J connectivity index is 1.88. The Morgan fingerprint density at radius 3 is 2.55 bits per heavy atom. The normalized spacial score (nSPS) is 12.8. The highest BCUT2D eigenvalue weighted by Crippen LogP contribution is 2.12. The fourth-order valence-corrected chi connectivity index (χ4v) is 3.52. The average molecular weight is 305 g/mol. The smallest absolute Gasteiger partial charge is 0.0400 e. The zero-order valence-corrected chi connectivity index (χ0v) is 13.5. The summed E-state index contributed by atoms with van der Waals surface area (Å²) >= 11 is 1.79. The molecule has 0 saturated heterocycles. The van der Waals surface area contributed by atoms with Crippen molar-refractivity contribution in [2.24, 2.45) is 0 Å². The minimum absolute atomic E-state index is 0.828. The van der Waals surface area contributed by atoms with E-state index in [1.165, 1.54) is 20.2 Å². The van der Waals surface area contributed by atoms with E-state index >= 15 is 0 Å². The van der Waals surface area contributed by atoms with Crippen molar-refractivity contribution in [3.05, 3.63) is 81.7 Å². The van der Waals surface area contributed by atoms with Gasteiger partial charge in [0.25, 0.3) is 0 Å².